The third kappa shape index (κ3) is 7.23. The monoisotopic (exact) mass is 590 g/mol. The van der Waals surface area contributed by atoms with Gasteiger partial charge in [0.2, 0.25) is 0 Å². The van der Waals surface area contributed by atoms with Crippen molar-refractivity contribution < 1.29 is 37.9 Å². The fourth-order valence-corrected chi connectivity index (χ4v) is 6.04. The molecule has 0 unspecified atom stereocenters. The van der Waals surface area contributed by atoms with Gasteiger partial charge in [0.15, 0.2) is 0 Å². The van der Waals surface area contributed by atoms with Crippen molar-refractivity contribution in [3.05, 3.63) is 34.4 Å². The lowest BCUT2D eigenvalue weighted by atomic mass is 9.84. The van der Waals surface area contributed by atoms with Gasteiger partial charge >= 0.3 is 0 Å². The zero-order valence-corrected chi connectivity index (χ0v) is 26.6. The molecule has 1 aromatic rings. The van der Waals surface area contributed by atoms with E-state index in [2.05, 4.69) is 39.8 Å². The van der Waals surface area contributed by atoms with E-state index in [4.69, 9.17) is 37.9 Å². The Hall–Kier alpha value is -1.10. The minimum atomic E-state index is 0.128. The Morgan fingerprint density at radius 1 is 0.452 bits per heavy atom. The third-order valence-electron chi connectivity index (χ3n) is 10.5. The maximum atomic E-state index is 6.47. The van der Waals surface area contributed by atoms with Crippen LogP contribution in [0.25, 0.3) is 0 Å². The third-order valence-corrected chi connectivity index (χ3v) is 10.5. The lowest BCUT2D eigenvalue weighted by Crippen LogP contribution is -2.46. The lowest BCUT2D eigenvalue weighted by molar-refractivity contribution is -0.155. The van der Waals surface area contributed by atoms with Gasteiger partial charge in [0.25, 0.3) is 0 Å². The lowest BCUT2D eigenvalue weighted by Gasteiger charge is -2.41. The highest BCUT2D eigenvalue weighted by Gasteiger charge is 2.40. The molecule has 0 spiro atoms. The molecule has 8 nitrogen and oxygen atoms in total. The van der Waals surface area contributed by atoms with Gasteiger partial charge in [-0.25, -0.2) is 0 Å². The molecule has 4 aliphatic rings. The van der Waals surface area contributed by atoms with Crippen molar-refractivity contribution in [2.45, 2.75) is 79.8 Å². The quantitative estimate of drug-likeness (QED) is 0.198. The molecule has 4 aliphatic heterocycles. The second-order valence-electron chi connectivity index (χ2n) is 13.7. The SMILES string of the molecule is CCC1(COCc2ccc(COCC3(CC)COC3)c(COCC3(CC)COC3)c2COCC2(CC)COC2)COC1. The van der Waals surface area contributed by atoms with Gasteiger partial charge in [0.05, 0.1) is 106 Å². The van der Waals surface area contributed by atoms with Crippen LogP contribution >= 0.6 is 0 Å². The standard InChI is InChI=1S/C34H54O8/c1-5-31(19-39-20-31)15-35-11-27-9-10-28(12-36-16-32(6-2)21-40-22-32)30(14-38-18-34(8-4)25-42-26-34)29(27)13-37-17-33(7-3)23-41-24-33/h9-10H,5-8,11-26H2,1-4H3. The Labute approximate surface area is 253 Å². The summed E-state index contributed by atoms with van der Waals surface area (Å²) >= 11 is 0. The Bertz CT molecular complexity index is 892. The van der Waals surface area contributed by atoms with Crippen LogP contribution < -0.4 is 0 Å². The number of rotatable bonds is 20. The van der Waals surface area contributed by atoms with Crippen LogP contribution in [0.1, 0.15) is 75.6 Å². The summed E-state index contributed by atoms with van der Waals surface area (Å²) in [5, 5.41) is 0. The normalized spacial score (nSPS) is 23.0. The number of benzene rings is 1. The van der Waals surface area contributed by atoms with Crippen LogP contribution in [0.4, 0.5) is 0 Å². The molecule has 42 heavy (non-hydrogen) atoms. The molecule has 5 rings (SSSR count). The number of ether oxygens (including phenoxy) is 8. The molecule has 238 valence electrons. The summed E-state index contributed by atoms with van der Waals surface area (Å²) in [5.41, 5.74) is 5.21. The van der Waals surface area contributed by atoms with E-state index in [0.717, 1.165) is 89.7 Å². The van der Waals surface area contributed by atoms with E-state index in [1.165, 1.54) is 11.1 Å². The molecule has 8 heteroatoms. The van der Waals surface area contributed by atoms with Gasteiger partial charge in [-0.05, 0) is 47.9 Å². The van der Waals surface area contributed by atoms with Crippen LogP contribution in [-0.4, -0.2) is 79.3 Å². The van der Waals surface area contributed by atoms with Crippen molar-refractivity contribution in [1.29, 1.82) is 0 Å². The molecule has 4 fully saturated rings. The van der Waals surface area contributed by atoms with Crippen molar-refractivity contribution in [2.75, 3.05) is 79.3 Å². The first-order valence-corrected chi connectivity index (χ1v) is 16.2. The predicted octanol–water partition coefficient (Wildman–Crippen LogP) is 5.46. The molecule has 0 amide bonds. The van der Waals surface area contributed by atoms with Crippen LogP contribution in [0, 0.1) is 21.7 Å². The van der Waals surface area contributed by atoms with E-state index in [0.29, 0.717) is 52.9 Å². The van der Waals surface area contributed by atoms with Gasteiger partial charge in [-0.3, -0.25) is 0 Å². The first-order chi connectivity index (χ1) is 20.4. The molecule has 0 bridgehead atoms. The average Bonchev–Trinajstić information content (AvgIpc) is 2.92. The molecule has 0 saturated carbocycles. The fourth-order valence-electron chi connectivity index (χ4n) is 6.04. The molecular formula is C34H54O8. The van der Waals surface area contributed by atoms with E-state index in [1.54, 1.807) is 0 Å². The molecule has 0 aromatic heterocycles. The molecule has 0 radical (unpaired) electrons. The van der Waals surface area contributed by atoms with Gasteiger partial charge < -0.3 is 37.9 Å². The summed E-state index contributed by atoms with van der Waals surface area (Å²) in [4.78, 5) is 0. The van der Waals surface area contributed by atoms with E-state index in [9.17, 15) is 0 Å². The number of hydrogen-bond donors (Lipinski definition) is 0. The molecular weight excluding hydrogens is 536 g/mol. The summed E-state index contributed by atoms with van der Waals surface area (Å²) in [6.07, 6.45) is 4.23. The second-order valence-corrected chi connectivity index (χ2v) is 13.7. The Morgan fingerprint density at radius 2 is 0.714 bits per heavy atom. The van der Waals surface area contributed by atoms with Crippen molar-refractivity contribution in [3.8, 4) is 0 Å². The molecule has 1 aromatic carbocycles. The topological polar surface area (TPSA) is 73.8 Å². The van der Waals surface area contributed by atoms with Gasteiger partial charge in [-0.2, -0.15) is 0 Å². The van der Waals surface area contributed by atoms with Gasteiger partial charge in [-0.15, -0.1) is 0 Å². The summed E-state index contributed by atoms with van der Waals surface area (Å²) in [6.45, 7) is 20.0. The van der Waals surface area contributed by atoms with Crippen molar-refractivity contribution in [2.24, 2.45) is 21.7 Å². The highest BCUT2D eigenvalue weighted by Crippen LogP contribution is 2.36. The van der Waals surface area contributed by atoms with Crippen molar-refractivity contribution >= 4 is 0 Å². The molecule has 4 heterocycles. The first-order valence-electron chi connectivity index (χ1n) is 16.2. The fraction of sp³-hybridized carbons (Fsp3) is 0.824. The second kappa shape index (κ2) is 14.3. The maximum absolute atomic E-state index is 6.47. The van der Waals surface area contributed by atoms with Crippen LogP contribution in [0.3, 0.4) is 0 Å². The smallest absolute Gasteiger partial charge is 0.0724 e. The average molecular weight is 591 g/mol. The number of hydrogen-bond acceptors (Lipinski definition) is 8. The first kappa shape index (κ1) is 32.3. The predicted molar refractivity (Wildman–Crippen MR) is 159 cm³/mol. The Kier molecular flexibility index (Phi) is 11.0. The minimum absolute atomic E-state index is 0.128. The van der Waals surface area contributed by atoms with Crippen LogP contribution in [0.2, 0.25) is 0 Å². The Morgan fingerprint density at radius 3 is 0.929 bits per heavy atom. The highest BCUT2D eigenvalue weighted by molar-refractivity contribution is 5.40. The summed E-state index contributed by atoms with van der Waals surface area (Å²) in [6, 6.07) is 4.41. The van der Waals surface area contributed by atoms with Crippen LogP contribution in [-0.2, 0) is 64.3 Å². The summed E-state index contributed by atoms with van der Waals surface area (Å²) < 4.78 is 47.8. The van der Waals surface area contributed by atoms with E-state index in [1.807, 2.05) is 0 Å². The summed E-state index contributed by atoms with van der Waals surface area (Å²) in [7, 11) is 0. The molecule has 0 aliphatic carbocycles. The van der Waals surface area contributed by atoms with Gasteiger partial charge in [0, 0.05) is 21.7 Å². The van der Waals surface area contributed by atoms with Crippen molar-refractivity contribution in [1.82, 2.24) is 0 Å². The van der Waals surface area contributed by atoms with Gasteiger partial charge in [0.1, 0.15) is 0 Å². The molecule has 0 N–H and O–H groups in total. The van der Waals surface area contributed by atoms with E-state index < -0.39 is 0 Å². The van der Waals surface area contributed by atoms with E-state index >= 15 is 0 Å². The molecule has 0 atom stereocenters. The van der Waals surface area contributed by atoms with Crippen LogP contribution in [0.15, 0.2) is 12.1 Å². The summed E-state index contributed by atoms with van der Waals surface area (Å²) in [5.74, 6) is 0. The van der Waals surface area contributed by atoms with Gasteiger partial charge in [-0.1, -0.05) is 39.8 Å². The van der Waals surface area contributed by atoms with Crippen LogP contribution in [0.5, 0.6) is 0 Å². The van der Waals surface area contributed by atoms with E-state index in [-0.39, 0.29) is 21.7 Å². The highest BCUT2D eigenvalue weighted by atomic mass is 16.5. The van der Waals surface area contributed by atoms with Crippen molar-refractivity contribution in [3.63, 3.8) is 0 Å². The minimum Gasteiger partial charge on any atom is -0.380 e. The zero-order chi connectivity index (χ0) is 29.5. The zero-order valence-electron chi connectivity index (χ0n) is 26.6. The molecule has 4 saturated heterocycles. The largest absolute Gasteiger partial charge is 0.380 e. The Balaban J connectivity index is 1.33. The maximum Gasteiger partial charge on any atom is 0.0724 e.